The van der Waals surface area contributed by atoms with Crippen LogP contribution in [0, 0.1) is 0 Å². The molecule has 0 aromatic heterocycles. The third-order valence-corrected chi connectivity index (χ3v) is 3.59. The minimum absolute atomic E-state index is 0.0489. The fourth-order valence-corrected chi connectivity index (χ4v) is 2.49. The Morgan fingerprint density at radius 2 is 2.19 bits per heavy atom. The number of hydrogen-bond donors (Lipinski definition) is 2. The van der Waals surface area contributed by atoms with Gasteiger partial charge in [-0.15, -0.1) is 0 Å². The van der Waals surface area contributed by atoms with Crippen molar-refractivity contribution >= 4 is 21.6 Å². The van der Waals surface area contributed by atoms with Crippen LogP contribution >= 0.6 is 11.6 Å². The lowest BCUT2D eigenvalue weighted by Gasteiger charge is -2.10. The Kier molecular flexibility index (Phi) is 4.55. The molecule has 0 aliphatic heterocycles. The van der Waals surface area contributed by atoms with Crippen LogP contribution < -0.4 is 15.2 Å². The van der Waals surface area contributed by atoms with Gasteiger partial charge in [0.1, 0.15) is 10.6 Å². The third-order valence-electron chi connectivity index (χ3n) is 1.85. The van der Waals surface area contributed by atoms with Gasteiger partial charge in [0, 0.05) is 24.2 Å². The van der Waals surface area contributed by atoms with Gasteiger partial charge in [0.05, 0.1) is 7.11 Å². The first-order valence-electron chi connectivity index (χ1n) is 4.54. The minimum atomic E-state index is -3.60. The normalized spacial score (nSPS) is 11.4. The van der Waals surface area contributed by atoms with Crippen molar-refractivity contribution in [3.8, 4) is 5.75 Å². The van der Waals surface area contributed by atoms with E-state index in [4.69, 9.17) is 22.1 Å². The van der Waals surface area contributed by atoms with Crippen molar-refractivity contribution in [2.75, 3.05) is 20.2 Å². The van der Waals surface area contributed by atoms with E-state index in [1.165, 1.54) is 25.3 Å². The zero-order valence-corrected chi connectivity index (χ0v) is 10.3. The van der Waals surface area contributed by atoms with E-state index in [2.05, 4.69) is 4.72 Å². The Balaban J connectivity index is 3.12. The molecule has 1 rings (SSSR count). The molecule has 7 heteroatoms. The summed E-state index contributed by atoms with van der Waals surface area (Å²) in [5.74, 6) is 0.206. The summed E-state index contributed by atoms with van der Waals surface area (Å²) in [4.78, 5) is 0.0489. The fourth-order valence-electron chi connectivity index (χ4n) is 1.13. The summed E-state index contributed by atoms with van der Waals surface area (Å²) < 4.78 is 30.9. The Hall–Kier alpha value is -0.820. The second-order valence-corrected chi connectivity index (χ2v) is 5.15. The molecule has 3 N–H and O–H groups in total. The second-order valence-electron chi connectivity index (χ2n) is 2.98. The summed E-state index contributed by atoms with van der Waals surface area (Å²) in [5, 5.41) is 0.412. The van der Waals surface area contributed by atoms with Crippen molar-refractivity contribution in [1.29, 1.82) is 0 Å². The van der Waals surface area contributed by atoms with Gasteiger partial charge in [-0.2, -0.15) is 0 Å². The highest BCUT2D eigenvalue weighted by atomic mass is 35.5. The first-order valence-corrected chi connectivity index (χ1v) is 6.40. The summed E-state index contributed by atoms with van der Waals surface area (Å²) in [6.07, 6.45) is 0. The van der Waals surface area contributed by atoms with E-state index in [9.17, 15) is 8.42 Å². The molecular formula is C9H13ClN2O3S. The van der Waals surface area contributed by atoms with Crippen molar-refractivity contribution in [3.63, 3.8) is 0 Å². The van der Waals surface area contributed by atoms with Crippen LogP contribution in [-0.4, -0.2) is 28.6 Å². The number of benzene rings is 1. The van der Waals surface area contributed by atoms with Crippen molar-refractivity contribution in [2.24, 2.45) is 5.73 Å². The van der Waals surface area contributed by atoms with Crippen LogP contribution in [0.3, 0.4) is 0 Å². The molecule has 16 heavy (non-hydrogen) atoms. The van der Waals surface area contributed by atoms with E-state index in [0.717, 1.165) is 0 Å². The van der Waals surface area contributed by atoms with Crippen LogP contribution in [0.1, 0.15) is 0 Å². The number of sulfonamides is 1. The van der Waals surface area contributed by atoms with Gasteiger partial charge in [-0.25, -0.2) is 13.1 Å². The number of rotatable bonds is 5. The van der Waals surface area contributed by atoms with Crippen LogP contribution in [0.2, 0.25) is 5.02 Å². The van der Waals surface area contributed by atoms with Gasteiger partial charge < -0.3 is 10.5 Å². The molecule has 0 saturated heterocycles. The van der Waals surface area contributed by atoms with Crippen LogP contribution in [0.25, 0.3) is 0 Å². The summed E-state index contributed by atoms with van der Waals surface area (Å²) in [6, 6.07) is 4.32. The van der Waals surface area contributed by atoms with Crippen molar-refractivity contribution in [1.82, 2.24) is 4.72 Å². The molecule has 0 amide bonds. The highest BCUT2D eigenvalue weighted by Crippen LogP contribution is 2.26. The zero-order chi connectivity index (χ0) is 12.2. The topological polar surface area (TPSA) is 81.4 Å². The predicted molar refractivity (Wildman–Crippen MR) is 62.2 cm³/mol. The number of nitrogens with one attached hydrogen (secondary N) is 1. The number of methoxy groups -OCH3 is 1. The molecule has 0 aliphatic rings. The molecule has 0 radical (unpaired) electrons. The van der Waals surface area contributed by atoms with Crippen molar-refractivity contribution in [2.45, 2.75) is 4.90 Å². The van der Waals surface area contributed by atoms with Gasteiger partial charge in [0.15, 0.2) is 0 Å². The zero-order valence-electron chi connectivity index (χ0n) is 8.73. The van der Waals surface area contributed by atoms with Crippen LogP contribution in [0.4, 0.5) is 0 Å². The third kappa shape index (κ3) is 3.08. The van der Waals surface area contributed by atoms with Gasteiger partial charge in [-0.1, -0.05) is 11.6 Å². The standard InChI is InChI=1S/C9H13ClN2O3S/c1-15-8-6-7(10)2-3-9(8)16(13,14)12-5-4-11/h2-3,6,12H,4-5,11H2,1H3. The molecule has 0 spiro atoms. The lowest BCUT2D eigenvalue weighted by molar-refractivity contribution is 0.402. The summed E-state index contributed by atoms with van der Waals surface area (Å²) >= 11 is 5.73. The van der Waals surface area contributed by atoms with Crippen LogP contribution in [0.15, 0.2) is 23.1 Å². The van der Waals surface area contributed by atoms with E-state index >= 15 is 0 Å². The second kappa shape index (κ2) is 5.49. The van der Waals surface area contributed by atoms with Gasteiger partial charge in [0.2, 0.25) is 10.0 Å². The monoisotopic (exact) mass is 264 g/mol. The SMILES string of the molecule is COc1cc(Cl)ccc1S(=O)(=O)NCCN. The lowest BCUT2D eigenvalue weighted by atomic mass is 10.3. The maximum atomic E-state index is 11.8. The van der Waals surface area contributed by atoms with Gasteiger partial charge >= 0.3 is 0 Å². The number of nitrogens with two attached hydrogens (primary N) is 1. The molecule has 0 bridgehead atoms. The first kappa shape index (κ1) is 13.2. The predicted octanol–water partition coefficient (Wildman–Crippen LogP) is 0.586. The van der Waals surface area contributed by atoms with Gasteiger partial charge in [0.25, 0.3) is 0 Å². The highest BCUT2D eigenvalue weighted by molar-refractivity contribution is 7.89. The Labute approximate surface area is 99.6 Å². The molecule has 1 aromatic rings. The smallest absolute Gasteiger partial charge is 0.244 e. The lowest BCUT2D eigenvalue weighted by Crippen LogP contribution is -2.29. The van der Waals surface area contributed by atoms with E-state index in [0.29, 0.717) is 5.02 Å². The molecule has 0 saturated carbocycles. The molecular weight excluding hydrogens is 252 g/mol. The highest BCUT2D eigenvalue weighted by Gasteiger charge is 2.18. The van der Waals surface area contributed by atoms with Crippen LogP contribution in [-0.2, 0) is 10.0 Å². The van der Waals surface area contributed by atoms with Crippen molar-refractivity contribution < 1.29 is 13.2 Å². The Morgan fingerprint density at radius 3 is 2.75 bits per heavy atom. The maximum Gasteiger partial charge on any atom is 0.244 e. The molecule has 1 aromatic carbocycles. The molecule has 0 heterocycles. The van der Waals surface area contributed by atoms with E-state index < -0.39 is 10.0 Å². The van der Waals surface area contributed by atoms with Crippen molar-refractivity contribution in [3.05, 3.63) is 23.2 Å². The molecule has 90 valence electrons. The van der Waals surface area contributed by atoms with Gasteiger partial charge in [-0.05, 0) is 12.1 Å². The summed E-state index contributed by atoms with van der Waals surface area (Å²) in [6.45, 7) is 0.406. The largest absolute Gasteiger partial charge is 0.495 e. The molecule has 0 unspecified atom stereocenters. The Morgan fingerprint density at radius 1 is 1.50 bits per heavy atom. The Bertz CT molecular complexity index is 462. The number of hydrogen-bond acceptors (Lipinski definition) is 4. The average Bonchev–Trinajstić information content (AvgIpc) is 2.26. The van der Waals surface area contributed by atoms with Crippen LogP contribution in [0.5, 0.6) is 5.75 Å². The van der Waals surface area contributed by atoms with E-state index in [1.807, 2.05) is 0 Å². The molecule has 0 atom stereocenters. The molecule has 0 fully saturated rings. The quantitative estimate of drug-likeness (QED) is 0.815. The average molecular weight is 265 g/mol. The number of ether oxygens (including phenoxy) is 1. The van der Waals surface area contributed by atoms with E-state index in [1.54, 1.807) is 0 Å². The first-order chi connectivity index (χ1) is 7.51. The summed E-state index contributed by atoms with van der Waals surface area (Å²) in [7, 11) is -2.21. The fraction of sp³-hybridized carbons (Fsp3) is 0.333. The van der Waals surface area contributed by atoms with Gasteiger partial charge in [-0.3, -0.25) is 0 Å². The molecule has 5 nitrogen and oxygen atoms in total. The summed E-state index contributed by atoms with van der Waals surface area (Å²) in [5.41, 5.74) is 5.23. The molecule has 0 aliphatic carbocycles. The van der Waals surface area contributed by atoms with E-state index in [-0.39, 0.29) is 23.7 Å². The minimum Gasteiger partial charge on any atom is -0.495 e. The number of halogens is 1. The maximum absolute atomic E-state index is 11.8.